The van der Waals surface area contributed by atoms with Crippen molar-refractivity contribution in [3.63, 3.8) is 0 Å². The summed E-state index contributed by atoms with van der Waals surface area (Å²) in [5, 5.41) is 6.41. The Morgan fingerprint density at radius 1 is 1.04 bits per heavy atom. The zero-order valence-corrected chi connectivity index (χ0v) is 32.1. The second-order valence-corrected chi connectivity index (χ2v) is 14.6. The van der Waals surface area contributed by atoms with Crippen LogP contribution in [0.3, 0.4) is 0 Å². The Morgan fingerprint density at radius 3 is 2.33 bits per heavy atom. The predicted octanol–water partition coefficient (Wildman–Crippen LogP) is 5.18. The number of aromatic nitrogens is 1. The fraction of sp³-hybridized carbons (Fsp3) is 0.500. The molecule has 0 bridgehead atoms. The van der Waals surface area contributed by atoms with E-state index in [0.29, 0.717) is 18.0 Å². The summed E-state index contributed by atoms with van der Waals surface area (Å²) in [6.45, 7) is 7.79. The molecule has 52 heavy (non-hydrogen) atoms. The van der Waals surface area contributed by atoms with Crippen LogP contribution < -0.4 is 25.8 Å². The summed E-state index contributed by atoms with van der Waals surface area (Å²) in [5.41, 5.74) is 6.38. The fourth-order valence-corrected chi connectivity index (χ4v) is 7.75. The molecule has 1 unspecified atom stereocenters. The summed E-state index contributed by atoms with van der Waals surface area (Å²) in [6.07, 6.45) is 6.82. The molecule has 12 heteroatoms. The molecule has 1 atom stereocenters. The van der Waals surface area contributed by atoms with E-state index in [2.05, 4.69) is 20.4 Å². The number of carbonyl (C=O) groups excluding carboxylic acids is 3. The summed E-state index contributed by atoms with van der Waals surface area (Å²) >= 11 is 6.90. The Bertz CT molecular complexity index is 1800. The molecule has 280 valence electrons. The number of hydrogen-bond acceptors (Lipinski definition) is 8. The number of halogens is 1. The molecule has 5 rings (SSSR count). The smallest absolute Gasteiger partial charge is 0.253 e. The molecule has 2 aliphatic rings. The van der Waals surface area contributed by atoms with Crippen molar-refractivity contribution in [2.24, 2.45) is 13.0 Å². The minimum absolute atomic E-state index is 0.00595. The number of pyridine rings is 1. The van der Waals surface area contributed by atoms with Gasteiger partial charge in [-0.25, -0.2) is 0 Å². The molecular formula is C40H53ClN6O5. The van der Waals surface area contributed by atoms with Gasteiger partial charge in [-0.3, -0.25) is 19.3 Å². The molecule has 3 heterocycles. The molecule has 2 fully saturated rings. The summed E-state index contributed by atoms with van der Waals surface area (Å²) in [4.78, 5) is 55.8. The van der Waals surface area contributed by atoms with Crippen molar-refractivity contribution in [3.8, 4) is 16.9 Å². The zero-order valence-electron chi connectivity index (χ0n) is 31.3. The average molecular weight is 733 g/mol. The number of piperidine rings is 2. The quantitative estimate of drug-likeness (QED) is 0.231. The predicted molar refractivity (Wildman–Crippen MR) is 207 cm³/mol. The highest BCUT2D eigenvalue weighted by Crippen LogP contribution is 2.36. The summed E-state index contributed by atoms with van der Waals surface area (Å²) < 4.78 is 7.43. The monoisotopic (exact) mass is 732 g/mol. The number of nitrogens with zero attached hydrogens (tertiary/aromatic N) is 4. The summed E-state index contributed by atoms with van der Waals surface area (Å²) in [6, 6.07) is 11.7. The number of amides is 2. The molecule has 2 N–H and O–H groups in total. The van der Waals surface area contributed by atoms with Crippen LogP contribution in [0.15, 0.2) is 47.4 Å². The van der Waals surface area contributed by atoms with E-state index in [1.54, 1.807) is 25.8 Å². The number of benzene rings is 2. The van der Waals surface area contributed by atoms with E-state index >= 15 is 0 Å². The van der Waals surface area contributed by atoms with Crippen LogP contribution in [0.1, 0.15) is 55.2 Å². The van der Waals surface area contributed by atoms with Gasteiger partial charge in [0, 0.05) is 112 Å². The molecule has 0 aliphatic carbocycles. The Labute approximate surface area is 312 Å². The molecule has 0 spiro atoms. The van der Waals surface area contributed by atoms with E-state index in [9.17, 15) is 19.2 Å². The molecule has 2 saturated heterocycles. The normalized spacial score (nSPS) is 16.3. The first-order chi connectivity index (χ1) is 24.9. The maximum atomic E-state index is 13.6. The number of hydrogen-bond donors (Lipinski definition) is 2. The Morgan fingerprint density at radius 2 is 1.71 bits per heavy atom. The molecule has 2 aromatic carbocycles. The van der Waals surface area contributed by atoms with Gasteiger partial charge >= 0.3 is 0 Å². The van der Waals surface area contributed by atoms with E-state index in [1.165, 1.54) is 0 Å². The number of anilines is 2. The highest BCUT2D eigenvalue weighted by molar-refractivity contribution is 6.32. The van der Waals surface area contributed by atoms with Crippen molar-refractivity contribution in [2.45, 2.75) is 71.0 Å². The minimum Gasteiger partial charge on any atom is -0.496 e. The van der Waals surface area contributed by atoms with Crippen LogP contribution in [0.2, 0.25) is 5.02 Å². The van der Waals surface area contributed by atoms with Gasteiger partial charge in [0.05, 0.1) is 13.2 Å². The van der Waals surface area contributed by atoms with Crippen molar-refractivity contribution in [2.75, 3.05) is 57.6 Å². The third-order valence-electron chi connectivity index (χ3n) is 11.0. The van der Waals surface area contributed by atoms with Crippen molar-refractivity contribution in [1.29, 1.82) is 0 Å². The topological polar surface area (TPSA) is 116 Å². The Balaban J connectivity index is 1.11. The maximum absolute atomic E-state index is 13.6. The summed E-state index contributed by atoms with van der Waals surface area (Å²) in [7, 11) is 6.97. The van der Waals surface area contributed by atoms with Gasteiger partial charge < -0.3 is 34.5 Å². The van der Waals surface area contributed by atoms with Gasteiger partial charge in [-0.2, -0.15) is 0 Å². The highest BCUT2D eigenvalue weighted by atomic mass is 35.5. The number of aldehydes is 1. The number of likely N-dealkylation sites (tertiary alicyclic amines) is 1. The van der Waals surface area contributed by atoms with Crippen LogP contribution >= 0.6 is 11.6 Å². The van der Waals surface area contributed by atoms with Gasteiger partial charge in [0.25, 0.3) is 5.56 Å². The molecule has 0 radical (unpaired) electrons. The molecule has 2 amide bonds. The third kappa shape index (κ3) is 8.98. The maximum Gasteiger partial charge on any atom is 0.253 e. The highest BCUT2D eigenvalue weighted by Gasteiger charge is 2.32. The number of aryl methyl sites for hydroxylation is 1. The number of carbonyl (C=O) groups is 3. The largest absolute Gasteiger partial charge is 0.496 e. The minimum atomic E-state index is -0.428. The van der Waals surface area contributed by atoms with Crippen LogP contribution in [0.4, 0.5) is 11.4 Å². The van der Waals surface area contributed by atoms with Crippen molar-refractivity contribution >= 4 is 41.1 Å². The second kappa shape index (κ2) is 17.4. The van der Waals surface area contributed by atoms with E-state index in [0.717, 1.165) is 103 Å². The first-order valence-electron chi connectivity index (χ1n) is 18.2. The van der Waals surface area contributed by atoms with Crippen LogP contribution in [0.5, 0.6) is 5.75 Å². The first kappa shape index (κ1) is 38.9. The van der Waals surface area contributed by atoms with E-state index < -0.39 is 6.04 Å². The van der Waals surface area contributed by atoms with Gasteiger partial charge in [0.1, 0.15) is 12.0 Å². The van der Waals surface area contributed by atoms with Crippen LogP contribution in [0.25, 0.3) is 11.1 Å². The lowest BCUT2D eigenvalue weighted by Crippen LogP contribution is -2.48. The lowest BCUT2D eigenvalue weighted by atomic mass is 9.93. The lowest BCUT2D eigenvalue weighted by molar-refractivity contribution is -0.138. The lowest BCUT2D eigenvalue weighted by Gasteiger charge is -2.40. The SMILES string of the molecule is CNC(=O)CCC(C=O)Nc1ccc(N2CCC(C(=O)N(C)C3CCN(Cc4c(Cl)cc(-c5cn(C)c(=O)c(C)c5C)cc4OC)CC3)CC2)cc1. The van der Waals surface area contributed by atoms with Crippen LogP contribution in [0, 0.1) is 19.8 Å². The van der Waals surface area contributed by atoms with E-state index in [1.807, 2.05) is 68.4 Å². The zero-order chi connectivity index (χ0) is 37.5. The molecule has 11 nitrogen and oxygen atoms in total. The van der Waals surface area contributed by atoms with Gasteiger partial charge in [-0.05, 0) is 93.5 Å². The standard InChI is InChI=1S/C40H53ClN6O5/c1-26-27(2)39(50)44(4)23-34(26)29-21-36(41)35(37(22-29)52-6)24-46-17-15-32(16-18-46)45(5)40(51)28-13-19-47(20-14-28)33-10-7-30(8-11-33)43-31(25-48)9-12-38(49)42-3/h7-8,10-11,21-23,25,28,31-32,43H,9,12-20,24H2,1-6H3,(H,42,49). The Kier molecular flexibility index (Phi) is 13.0. The molecule has 3 aromatic rings. The van der Waals surface area contributed by atoms with Crippen molar-refractivity contribution < 1.29 is 19.1 Å². The van der Waals surface area contributed by atoms with Crippen LogP contribution in [-0.4, -0.2) is 91.9 Å². The molecule has 0 saturated carbocycles. The number of ether oxygens (including phenoxy) is 1. The van der Waals surface area contributed by atoms with Gasteiger partial charge in [0.2, 0.25) is 11.8 Å². The van der Waals surface area contributed by atoms with Crippen molar-refractivity contribution in [1.82, 2.24) is 19.7 Å². The first-order valence-corrected chi connectivity index (χ1v) is 18.6. The number of nitrogens with one attached hydrogen (secondary N) is 2. The van der Waals surface area contributed by atoms with Gasteiger partial charge in [-0.1, -0.05) is 11.6 Å². The molecule has 2 aliphatic heterocycles. The second-order valence-electron chi connectivity index (χ2n) is 14.2. The fourth-order valence-electron chi connectivity index (χ4n) is 7.48. The Hall–Kier alpha value is -4.35. The average Bonchev–Trinajstić information content (AvgIpc) is 3.17. The summed E-state index contributed by atoms with van der Waals surface area (Å²) in [5.74, 6) is 0.881. The third-order valence-corrected chi connectivity index (χ3v) is 11.3. The molecule has 1 aromatic heterocycles. The number of methoxy groups -OCH3 is 1. The van der Waals surface area contributed by atoms with E-state index in [4.69, 9.17) is 16.3 Å². The van der Waals surface area contributed by atoms with Gasteiger partial charge in [0.15, 0.2) is 0 Å². The van der Waals surface area contributed by atoms with Crippen LogP contribution in [-0.2, 0) is 28.0 Å². The molecular weight excluding hydrogens is 680 g/mol. The van der Waals surface area contributed by atoms with Gasteiger partial charge in [-0.15, -0.1) is 0 Å². The van der Waals surface area contributed by atoms with E-state index in [-0.39, 0.29) is 35.8 Å². The van der Waals surface area contributed by atoms with Crippen molar-refractivity contribution in [3.05, 3.63) is 74.7 Å². The number of rotatable bonds is 13.